The molecule has 148 valence electrons. The standard InChI is InChI=1S/C23H26BrNO3/c1-2-18-9-11-19(12-10-18)14-25(16-21-6-5-13-27-21)15-20(26)17-28-23-8-4-3-7-22(23)24/h3-13,20,26H,2,14-17H2,1H3. The van der Waals surface area contributed by atoms with E-state index in [0.717, 1.165) is 28.9 Å². The number of halogens is 1. The van der Waals surface area contributed by atoms with Crippen LogP contribution in [0, 0.1) is 0 Å². The number of hydrogen-bond donors (Lipinski definition) is 1. The molecule has 3 rings (SSSR count). The van der Waals surface area contributed by atoms with Gasteiger partial charge in [-0.1, -0.05) is 43.3 Å². The van der Waals surface area contributed by atoms with Gasteiger partial charge in [-0.15, -0.1) is 0 Å². The van der Waals surface area contributed by atoms with Crippen LogP contribution in [0.5, 0.6) is 5.75 Å². The average Bonchev–Trinajstić information content (AvgIpc) is 3.21. The maximum Gasteiger partial charge on any atom is 0.133 e. The molecule has 1 heterocycles. The van der Waals surface area contributed by atoms with Crippen molar-refractivity contribution in [1.82, 2.24) is 4.90 Å². The molecule has 0 aliphatic carbocycles. The number of aliphatic hydroxyl groups excluding tert-OH is 1. The normalized spacial score (nSPS) is 12.3. The smallest absolute Gasteiger partial charge is 0.133 e. The van der Waals surface area contributed by atoms with E-state index in [1.54, 1.807) is 6.26 Å². The number of nitrogens with zero attached hydrogens (tertiary/aromatic N) is 1. The van der Waals surface area contributed by atoms with E-state index in [4.69, 9.17) is 9.15 Å². The van der Waals surface area contributed by atoms with E-state index in [2.05, 4.69) is 52.0 Å². The lowest BCUT2D eigenvalue weighted by Crippen LogP contribution is -2.35. The van der Waals surface area contributed by atoms with Crippen molar-refractivity contribution in [2.45, 2.75) is 32.5 Å². The van der Waals surface area contributed by atoms with Gasteiger partial charge < -0.3 is 14.3 Å². The van der Waals surface area contributed by atoms with Crippen LogP contribution in [-0.2, 0) is 19.5 Å². The predicted octanol–water partition coefficient (Wildman–Crippen LogP) is 5.05. The van der Waals surface area contributed by atoms with Crippen LogP contribution in [0.1, 0.15) is 23.8 Å². The van der Waals surface area contributed by atoms with Crippen LogP contribution < -0.4 is 4.74 Å². The lowest BCUT2D eigenvalue weighted by Gasteiger charge is -2.24. The van der Waals surface area contributed by atoms with Crippen LogP contribution in [0.15, 0.2) is 75.8 Å². The van der Waals surface area contributed by atoms with Crippen molar-refractivity contribution in [3.63, 3.8) is 0 Å². The van der Waals surface area contributed by atoms with E-state index in [1.807, 2.05) is 36.4 Å². The first-order chi connectivity index (χ1) is 13.6. The number of furan rings is 1. The molecular formula is C23H26BrNO3. The van der Waals surface area contributed by atoms with Gasteiger partial charge >= 0.3 is 0 Å². The van der Waals surface area contributed by atoms with Crippen LogP contribution in [0.4, 0.5) is 0 Å². The highest BCUT2D eigenvalue weighted by Gasteiger charge is 2.15. The SMILES string of the molecule is CCc1ccc(CN(Cc2ccco2)CC(O)COc2ccccc2Br)cc1. The number of ether oxygens (including phenoxy) is 1. The second kappa shape index (κ2) is 10.5. The van der Waals surface area contributed by atoms with E-state index in [-0.39, 0.29) is 6.61 Å². The molecule has 1 unspecified atom stereocenters. The fourth-order valence-corrected chi connectivity index (χ4v) is 3.44. The van der Waals surface area contributed by atoms with E-state index in [1.165, 1.54) is 11.1 Å². The van der Waals surface area contributed by atoms with Crippen molar-refractivity contribution in [2.24, 2.45) is 0 Å². The summed E-state index contributed by atoms with van der Waals surface area (Å²) in [6.07, 6.45) is 2.09. The number of benzene rings is 2. The van der Waals surface area contributed by atoms with Crippen molar-refractivity contribution in [3.8, 4) is 5.75 Å². The summed E-state index contributed by atoms with van der Waals surface area (Å²) in [6, 6.07) is 20.1. The molecule has 0 aliphatic rings. The monoisotopic (exact) mass is 443 g/mol. The zero-order valence-corrected chi connectivity index (χ0v) is 17.6. The first-order valence-electron chi connectivity index (χ1n) is 9.52. The third kappa shape index (κ3) is 6.23. The molecule has 0 bridgehead atoms. The minimum Gasteiger partial charge on any atom is -0.490 e. The number of para-hydroxylation sites is 1. The first kappa shape index (κ1) is 20.6. The molecule has 0 fully saturated rings. The Bertz CT molecular complexity index is 833. The topological polar surface area (TPSA) is 45.8 Å². The molecule has 0 aliphatic heterocycles. The van der Waals surface area contributed by atoms with E-state index >= 15 is 0 Å². The third-order valence-corrected chi connectivity index (χ3v) is 5.19. The Kier molecular flexibility index (Phi) is 7.71. The van der Waals surface area contributed by atoms with Crippen LogP contribution in [0.25, 0.3) is 0 Å². The van der Waals surface area contributed by atoms with Crippen LogP contribution in [0.2, 0.25) is 0 Å². The van der Waals surface area contributed by atoms with Gasteiger partial charge in [0.15, 0.2) is 0 Å². The molecule has 28 heavy (non-hydrogen) atoms. The minimum atomic E-state index is -0.614. The largest absolute Gasteiger partial charge is 0.490 e. The highest BCUT2D eigenvalue weighted by molar-refractivity contribution is 9.10. The lowest BCUT2D eigenvalue weighted by atomic mass is 10.1. The maximum absolute atomic E-state index is 10.5. The highest BCUT2D eigenvalue weighted by Crippen LogP contribution is 2.24. The van der Waals surface area contributed by atoms with E-state index < -0.39 is 6.10 Å². The zero-order chi connectivity index (χ0) is 19.8. The van der Waals surface area contributed by atoms with Crippen molar-refractivity contribution in [2.75, 3.05) is 13.2 Å². The van der Waals surface area contributed by atoms with Gasteiger partial charge in [-0.2, -0.15) is 0 Å². The van der Waals surface area contributed by atoms with Gasteiger partial charge in [-0.05, 0) is 57.7 Å². The number of rotatable bonds is 10. The molecule has 1 N–H and O–H groups in total. The highest BCUT2D eigenvalue weighted by atomic mass is 79.9. The van der Waals surface area contributed by atoms with Crippen LogP contribution in [0.3, 0.4) is 0 Å². The summed E-state index contributed by atoms with van der Waals surface area (Å²) in [6.45, 7) is 4.23. The number of aliphatic hydroxyl groups is 1. The molecule has 5 heteroatoms. The summed E-state index contributed by atoms with van der Waals surface area (Å²) in [7, 11) is 0. The van der Waals surface area contributed by atoms with Crippen LogP contribution >= 0.6 is 15.9 Å². The molecule has 0 amide bonds. The van der Waals surface area contributed by atoms with Gasteiger partial charge in [0.05, 0.1) is 17.3 Å². The molecule has 0 saturated heterocycles. The van der Waals surface area contributed by atoms with Gasteiger partial charge in [-0.3, -0.25) is 4.90 Å². The Morgan fingerprint density at radius 1 is 1.00 bits per heavy atom. The van der Waals surface area contributed by atoms with Gasteiger partial charge in [0, 0.05) is 13.1 Å². The maximum atomic E-state index is 10.5. The number of aryl methyl sites for hydroxylation is 1. The molecule has 0 saturated carbocycles. The number of hydrogen-bond acceptors (Lipinski definition) is 4. The fraction of sp³-hybridized carbons (Fsp3) is 0.304. The third-order valence-electron chi connectivity index (χ3n) is 4.53. The Labute approximate surface area is 174 Å². The Morgan fingerprint density at radius 2 is 1.75 bits per heavy atom. The zero-order valence-electron chi connectivity index (χ0n) is 16.1. The van der Waals surface area contributed by atoms with Crippen molar-refractivity contribution in [1.29, 1.82) is 0 Å². The van der Waals surface area contributed by atoms with Crippen molar-refractivity contribution in [3.05, 3.63) is 88.3 Å². The predicted molar refractivity (Wildman–Crippen MR) is 114 cm³/mol. The van der Waals surface area contributed by atoms with Crippen molar-refractivity contribution < 1.29 is 14.3 Å². The van der Waals surface area contributed by atoms with Gasteiger partial charge in [-0.25, -0.2) is 0 Å². The minimum absolute atomic E-state index is 0.228. The Balaban J connectivity index is 1.61. The summed E-state index contributed by atoms with van der Waals surface area (Å²) < 4.78 is 12.2. The molecule has 0 spiro atoms. The molecular weight excluding hydrogens is 418 g/mol. The summed E-state index contributed by atoms with van der Waals surface area (Å²) >= 11 is 3.46. The summed E-state index contributed by atoms with van der Waals surface area (Å²) in [5, 5.41) is 10.5. The summed E-state index contributed by atoms with van der Waals surface area (Å²) in [4.78, 5) is 2.17. The lowest BCUT2D eigenvalue weighted by molar-refractivity contribution is 0.0602. The second-order valence-electron chi connectivity index (χ2n) is 6.81. The molecule has 1 aromatic heterocycles. The average molecular weight is 444 g/mol. The van der Waals surface area contributed by atoms with Crippen LogP contribution in [-0.4, -0.2) is 29.3 Å². The molecule has 1 atom stereocenters. The second-order valence-corrected chi connectivity index (χ2v) is 7.67. The fourth-order valence-electron chi connectivity index (χ4n) is 3.05. The van der Waals surface area contributed by atoms with E-state index in [9.17, 15) is 5.11 Å². The first-order valence-corrected chi connectivity index (χ1v) is 10.3. The van der Waals surface area contributed by atoms with Gasteiger partial charge in [0.25, 0.3) is 0 Å². The van der Waals surface area contributed by atoms with Crippen molar-refractivity contribution >= 4 is 15.9 Å². The van der Waals surface area contributed by atoms with Gasteiger partial charge in [0.1, 0.15) is 24.2 Å². The molecule has 3 aromatic rings. The molecule has 4 nitrogen and oxygen atoms in total. The quantitative estimate of drug-likeness (QED) is 0.476. The molecule has 2 aromatic carbocycles. The Morgan fingerprint density at radius 3 is 2.43 bits per heavy atom. The molecule has 0 radical (unpaired) electrons. The summed E-state index contributed by atoms with van der Waals surface area (Å²) in [5.41, 5.74) is 2.53. The summed E-state index contributed by atoms with van der Waals surface area (Å²) in [5.74, 6) is 1.61. The van der Waals surface area contributed by atoms with E-state index in [0.29, 0.717) is 13.1 Å². The Hall–Kier alpha value is -2.08. The van der Waals surface area contributed by atoms with Gasteiger partial charge in [0.2, 0.25) is 0 Å².